The minimum absolute atomic E-state index is 0.186. The fourth-order valence-electron chi connectivity index (χ4n) is 1.89. The van der Waals surface area contributed by atoms with Gasteiger partial charge in [-0.25, -0.2) is 0 Å². The topological polar surface area (TPSA) is 61.5 Å². The van der Waals surface area contributed by atoms with Crippen molar-refractivity contribution in [1.82, 2.24) is 0 Å². The molecule has 1 aromatic carbocycles. The van der Waals surface area contributed by atoms with Crippen LogP contribution in [0.15, 0.2) is 18.2 Å². The van der Waals surface area contributed by atoms with E-state index in [4.69, 9.17) is 26.8 Å². The predicted molar refractivity (Wildman–Crippen MR) is 64.7 cm³/mol. The Hall–Kier alpha value is -1.10. The summed E-state index contributed by atoms with van der Waals surface area (Å²) in [6.07, 6.45) is 0.515. The SMILES string of the molecule is COc1ccc(Cl)cc1C(=O)C1(N)CCOC1. The zero-order chi connectivity index (χ0) is 12.5. The van der Waals surface area contributed by atoms with Gasteiger partial charge in [0.1, 0.15) is 11.3 Å². The van der Waals surface area contributed by atoms with Crippen LogP contribution in [0.3, 0.4) is 0 Å². The van der Waals surface area contributed by atoms with E-state index >= 15 is 0 Å². The first kappa shape index (κ1) is 12.4. The van der Waals surface area contributed by atoms with Crippen LogP contribution in [0.2, 0.25) is 5.02 Å². The van der Waals surface area contributed by atoms with Crippen molar-refractivity contribution in [2.75, 3.05) is 20.3 Å². The molecule has 0 spiro atoms. The summed E-state index contributed by atoms with van der Waals surface area (Å²) in [5, 5.41) is 0.483. The van der Waals surface area contributed by atoms with E-state index < -0.39 is 5.54 Å². The number of carbonyl (C=O) groups excluding carboxylic acids is 1. The number of rotatable bonds is 3. The summed E-state index contributed by atoms with van der Waals surface area (Å²) in [4.78, 5) is 12.4. The van der Waals surface area contributed by atoms with Crippen LogP contribution in [0, 0.1) is 0 Å². The largest absolute Gasteiger partial charge is 0.496 e. The number of halogens is 1. The maximum atomic E-state index is 12.4. The van der Waals surface area contributed by atoms with E-state index in [0.29, 0.717) is 29.4 Å². The number of hydrogen-bond donors (Lipinski definition) is 1. The van der Waals surface area contributed by atoms with Crippen molar-refractivity contribution in [1.29, 1.82) is 0 Å². The Morgan fingerprint density at radius 3 is 2.94 bits per heavy atom. The van der Waals surface area contributed by atoms with Crippen molar-refractivity contribution in [2.24, 2.45) is 5.73 Å². The third-order valence-corrected chi connectivity index (χ3v) is 3.15. The molecule has 1 fully saturated rings. The summed E-state index contributed by atoms with van der Waals surface area (Å²) in [5.74, 6) is 0.297. The van der Waals surface area contributed by atoms with Crippen molar-refractivity contribution < 1.29 is 14.3 Å². The molecule has 5 heteroatoms. The highest BCUT2D eigenvalue weighted by Gasteiger charge is 2.39. The highest BCUT2D eigenvalue weighted by molar-refractivity contribution is 6.31. The Bertz CT molecular complexity index is 441. The van der Waals surface area contributed by atoms with Gasteiger partial charge in [-0.05, 0) is 24.6 Å². The molecule has 0 bridgehead atoms. The van der Waals surface area contributed by atoms with E-state index in [1.165, 1.54) is 7.11 Å². The number of hydrogen-bond acceptors (Lipinski definition) is 4. The zero-order valence-electron chi connectivity index (χ0n) is 9.53. The minimum Gasteiger partial charge on any atom is -0.496 e. The van der Waals surface area contributed by atoms with Crippen LogP contribution in [0.5, 0.6) is 5.75 Å². The van der Waals surface area contributed by atoms with Crippen LogP contribution in [0.1, 0.15) is 16.8 Å². The average Bonchev–Trinajstić information content (AvgIpc) is 2.76. The second kappa shape index (κ2) is 4.64. The van der Waals surface area contributed by atoms with Crippen LogP contribution in [0.25, 0.3) is 0 Å². The molecule has 17 heavy (non-hydrogen) atoms. The number of Topliss-reactive ketones (excluding diaryl/α,β-unsaturated/α-hetero) is 1. The normalized spacial score (nSPS) is 23.7. The lowest BCUT2D eigenvalue weighted by Crippen LogP contribution is -2.48. The summed E-state index contributed by atoms with van der Waals surface area (Å²) in [5.41, 5.74) is 5.48. The third-order valence-electron chi connectivity index (χ3n) is 2.91. The lowest BCUT2D eigenvalue weighted by atomic mass is 9.89. The van der Waals surface area contributed by atoms with Gasteiger partial charge in [0.25, 0.3) is 0 Å². The van der Waals surface area contributed by atoms with Crippen molar-refractivity contribution in [3.05, 3.63) is 28.8 Å². The molecule has 1 heterocycles. The van der Waals surface area contributed by atoms with Gasteiger partial charge in [-0.3, -0.25) is 4.79 Å². The molecule has 0 aromatic heterocycles. The first-order valence-corrected chi connectivity index (χ1v) is 5.69. The molecule has 1 atom stereocenters. The standard InChI is InChI=1S/C12H14ClNO3/c1-16-10-3-2-8(13)6-9(10)11(15)12(14)4-5-17-7-12/h2-3,6H,4-5,7,14H2,1H3. The Kier molecular flexibility index (Phi) is 3.38. The Morgan fingerprint density at radius 1 is 1.59 bits per heavy atom. The van der Waals surface area contributed by atoms with Gasteiger partial charge in [-0.1, -0.05) is 11.6 Å². The number of nitrogens with two attached hydrogens (primary N) is 1. The molecule has 1 aliphatic rings. The van der Waals surface area contributed by atoms with Gasteiger partial charge in [0.15, 0.2) is 5.78 Å². The summed E-state index contributed by atoms with van der Waals surface area (Å²) >= 11 is 5.89. The van der Waals surface area contributed by atoms with Gasteiger partial charge in [-0.2, -0.15) is 0 Å². The van der Waals surface area contributed by atoms with Crippen molar-refractivity contribution in [2.45, 2.75) is 12.0 Å². The first-order chi connectivity index (χ1) is 8.07. The second-order valence-corrected chi connectivity index (χ2v) is 4.57. The molecule has 0 radical (unpaired) electrons. The van der Waals surface area contributed by atoms with E-state index in [9.17, 15) is 4.79 Å². The Labute approximate surface area is 105 Å². The predicted octanol–water partition coefficient (Wildman–Crippen LogP) is 1.65. The molecular weight excluding hydrogens is 242 g/mol. The monoisotopic (exact) mass is 255 g/mol. The molecule has 0 amide bonds. The molecule has 2 rings (SSSR count). The summed E-state index contributed by atoms with van der Waals surface area (Å²) in [6, 6.07) is 4.91. The molecule has 2 N–H and O–H groups in total. The second-order valence-electron chi connectivity index (χ2n) is 4.13. The number of ketones is 1. The highest BCUT2D eigenvalue weighted by Crippen LogP contribution is 2.28. The van der Waals surface area contributed by atoms with Gasteiger partial charge >= 0.3 is 0 Å². The van der Waals surface area contributed by atoms with Gasteiger partial charge in [0.2, 0.25) is 0 Å². The van der Waals surface area contributed by atoms with E-state index in [0.717, 1.165) is 0 Å². The molecule has 1 unspecified atom stereocenters. The molecule has 1 aliphatic heterocycles. The Morgan fingerprint density at radius 2 is 2.35 bits per heavy atom. The molecule has 1 aromatic rings. The zero-order valence-corrected chi connectivity index (χ0v) is 10.3. The quantitative estimate of drug-likeness (QED) is 0.835. The van der Waals surface area contributed by atoms with E-state index in [1.807, 2.05) is 0 Å². The number of benzene rings is 1. The van der Waals surface area contributed by atoms with Crippen molar-refractivity contribution in [3.8, 4) is 5.75 Å². The lowest BCUT2D eigenvalue weighted by Gasteiger charge is -2.21. The van der Waals surface area contributed by atoms with Gasteiger partial charge < -0.3 is 15.2 Å². The van der Waals surface area contributed by atoms with E-state index in [-0.39, 0.29) is 12.4 Å². The van der Waals surface area contributed by atoms with Crippen LogP contribution in [-0.4, -0.2) is 31.6 Å². The van der Waals surface area contributed by atoms with Crippen molar-refractivity contribution in [3.63, 3.8) is 0 Å². The van der Waals surface area contributed by atoms with Crippen molar-refractivity contribution >= 4 is 17.4 Å². The smallest absolute Gasteiger partial charge is 0.188 e. The summed E-state index contributed by atoms with van der Waals surface area (Å²) < 4.78 is 10.3. The molecule has 0 saturated carbocycles. The number of methoxy groups -OCH3 is 1. The molecule has 0 aliphatic carbocycles. The molecule has 92 valence electrons. The highest BCUT2D eigenvalue weighted by atomic mass is 35.5. The van der Waals surface area contributed by atoms with Crippen LogP contribution >= 0.6 is 11.6 Å². The van der Waals surface area contributed by atoms with E-state index in [2.05, 4.69) is 0 Å². The first-order valence-electron chi connectivity index (χ1n) is 5.32. The number of ether oxygens (including phenoxy) is 2. The fourth-order valence-corrected chi connectivity index (χ4v) is 2.06. The van der Waals surface area contributed by atoms with Crippen LogP contribution in [-0.2, 0) is 4.74 Å². The Balaban J connectivity index is 2.39. The third kappa shape index (κ3) is 2.29. The maximum absolute atomic E-state index is 12.4. The minimum atomic E-state index is -0.960. The summed E-state index contributed by atoms with van der Waals surface area (Å²) in [6.45, 7) is 0.743. The van der Waals surface area contributed by atoms with Gasteiger partial charge in [-0.15, -0.1) is 0 Å². The van der Waals surface area contributed by atoms with Crippen LogP contribution in [0.4, 0.5) is 0 Å². The number of carbonyl (C=O) groups is 1. The molecular formula is C12H14ClNO3. The average molecular weight is 256 g/mol. The van der Waals surface area contributed by atoms with Gasteiger partial charge in [0.05, 0.1) is 19.3 Å². The van der Waals surface area contributed by atoms with Gasteiger partial charge in [0, 0.05) is 11.6 Å². The summed E-state index contributed by atoms with van der Waals surface area (Å²) in [7, 11) is 1.51. The molecule has 1 saturated heterocycles. The maximum Gasteiger partial charge on any atom is 0.188 e. The van der Waals surface area contributed by atoms with E-state index in [1.54, 1.807) is 18.2 Å². The lowest BCUT2D eigenvalue weighted by molar-refractivity contribution is 0.0860. The fraction of sp³-hybridized carbons (Fsp3) is 0.417. The van der Waals surface area contributed by atoms with Crippen LogP contribution < -0.4 is 10.5 Å². The molecule has 4 nitrogen and oxygen atoms in total.